The number of carbonyl (C=O) groups is 1. The van der Waals surface area contributed by atoms with Gasteiger partial charge in [0, 0.05) is 17.2 Å². The number of halogens is 1. The fourth-order valence-electron chi connectivity index (χ4n) is 1.45. The lowest BCUT2D eigenvalue weighted by Gasteiger charge is -1.99. The Bertz CT molecular complexity index is 591. The van der Waals surface area contributed by atoms with Crippen LogP contribution < -0.4 is 4.73 Å². The molecule has 1 aromatic carbocycles. The normalized spacial score (nSPS) is 10.7. The third-order valence-corrected chi connectivity index (χ3v) is 2.63. The highest BCUT2D eigenvalue weighted by Crippen LogP contribution is 2.10. The van der Waals surface area contributed by atoms with Crippen molar-refractivity contribution in [2.45, 2.75) is 0 Å². The number of carbonyl (C=O) groups excluding carboxylic acids is 1. The van der Waals surface area contributed by atoms with Gasteiger partial charge in [-0.05, 0) is 29.8 Å². The van der Waals surface area contributed by atoms with E-state index in [1.54, 1.807) is 42.5 Å². The van der Waals surface area contributed by atoms with Crippen LogP contribution in [0.1, 0.15) is 16.1 Å². The standard InChI is InChI=1S/C14H10ClNO2/c15-12-7-4-11(5-8-12)6-9-14(17)13-3-1-2-10-16(13)18/h1-10H/b9-6+. The van der Waals surface area contributed by atoms with Crippen molar-refractivity contribution >= 4 is 23.5 Å². The van der Waals surface area contributed by atoms with Crippen LogP contribution in [0.25, 0.3) is 6.08 Å². The van der Waals surface area contributed by atoms with Crippen molar-refractivity contribution in [2.75, 3.05) is 0 Å². The lowest BCUT2D eigenvalue weighted by molar-refractivity contribution is -0.607. The third kappa shape index (κ3) is 2.96. The second-order valence-electron chi connectivity index (χ2n) is 3.66. The smallest absolute Gasteiger partial charge is 0.264 e. The lowest BCUT2D eigenvalue weighted by atomic mass is 10.1. The van der Waals surface area contributed by atoms with Gasteiger partial charge in [-0.1, -0.05) is 29.8 Å². The van der Waals surface area contributed by atoms with Gasteiger partial charge in [0.1, 0.15) is 0 Å². The van der Waals surface area contributed by atoms with E-state index in [2.05, 4.69) is 0 Å². The van der Waals surface area contributed by atoms with Crippen molar-refractivity contribution in [2.24, 2.45) is 0 Å². The number of nitrogens with zero attached hydrogens (tertiary/aromatic N) is 1. The van der Waals surface area contributed by atoms with E-state index in [4.69, 9.17) is 11.6 Å². The summed E-state index contributed by atoms with van der Waals surface area (Å²) in [6.45, 7) is 0. The second-order valence-corrected chi connectivity index (χ2v) is 4.10. The van der Waals surface area contributed by atoms with Gasteiger partial charge >= 0.3 is 0 Å². The molecule has 1 aromatic heterocycles. The second kappa shape index (κ2) is 5.47. The summed E-state index contributed by atoms with van der Waals surface area (Å²) in [4.78, 5) is 11.8. The molecular weight excluding hydrogens is 250 g/mol. The molecule has 0 radical (unpaired) electrons. The minimum atomic E-state index is -0.333. The molecule has 0 aliphatic rings. The summed E-state index contributed by atoms with van der Waals surface area (Å²) in [5, 5.41) is 12.0. The highest BCUT2D eigenvalue weighted by molar-refractivity contribution is 6.30. The summed E-state index contributed by atoms with van der Waals surface area (Å²) >= 11 is 5.76. The predicted molar refractivity (Wildman–Crippen MR) is 70.2 cm³/mol. The van der Waals surface area contributed by atoms with Crippen LogP contribution in [0.5, 0.6) is 0 Å². The summed E-state index contributed by atoms with van der Waals surface area (Å²) in [6, 6.07) is 11.8. The number of hydrogen-bond acceptors (Lipinski definition) is 2. The molecule has 2 rings (SSSR count). The number of allylic oxidation sites excluding steroid dienone is 1. The fraction of sp³-hybridized carbons (Fsp3) is 0. The zero-order chi connectivity index (χ0) is 13.0. The molecule has 1 heterocycles. The van der Waals surface area contributed by atoms with Crippen molar-refractivity contribution in [3.05, 3.63) is 76.2 Å². The summed E-state index contributed by atoms with van der Waals surface area (Å²) in [5.41, 5.74) is 0.948. The van der Waals surface area contributed by atoms with Crippen LogP contribution in [0.4, 0.5) is 0 Å². The molecular formula is C14H10ClNO2. The summed E-state index contributed by atoms with van der Waals surface area (Å²) in [6.07, 6.45) is 4.31. The molecule has 18 heavy (non-hydrogen) atoms. The Kier molecular flexibility index (Phi) is 3.75. The molecule has 0 N–H and O–H groups in total. The Hall–Kier alpha value is -2.13. The minimum Gasteiger partial charge on any atom is -0.618 e. The van der Waals surface area contributed by atoms with E-state index < -0.39 is 0 Å². The fourth-order valence-corrected chi connectivity index (χ4v) is 1.58. The number of pyridine rings is 1. The number of ketones is 1. The average Bonchev–Trinajstić information content (AvgIpc) is 2.38. The molecule has 0 aliphatic carbocycles. The highest BCUT2D eigenvalue weighted by Gasteiger charge is 2.10. The van der Waals surface area contributed by atoms with Gasteiger partial charge in [-0.2, -0.15) is 4.73 Å². The molecule has 0 atom stereocenters. The molecule has 0 saturated heterocycles. The van der Waals surface area contributed by atoms with Gasteiger partial charge in [-0.25, -0.2) is 0 Å². The topological polar surface area (TPSA) is 44.0 Å². The van der Waals surface area contributed by atoms with Crippen molar-refractivity contribution in [1.29, 1.82) is 0 Å². The molecule has 0 aliphatic heterocycles. The van der Waals surface area contributed by atoms with Gasteiger partial charge in [0.25, 0.3) is 11.5 Å². The summed E-state index contributed by atoms with van der Waals surface area (Å²) in [7, 11) is 0. The van der Waals surface area contributed by atoms with Crippen LogP contribution in [-0.2, 0) is 0 Å². The molecule has 90 valence electrons. The van der Waals surface area contributed by atoms with Gasteiger partial charge < -0.3 is 5.21 Å². The largest absolute Gasteiger partial charge is 0.618 e. The Labute approximate surface area is 110 Å². The molecule has 0 unspecified atom stereocenters. The zero-order valence-corrected chi connectivity index (χ0v) is 10.2. The van der Waals surface area contributed by atoms with Gasteiger partial charge in [-0.3, -0.25) is 4.79 Å². The molecule has 0 bridgehead atoms. The first kappa shape index (κ1) is 12.3. The van der Waals surface area contributed by atoms with Crippen molar-refractivity contribution in [1.82, 2.24) is 0 Å². The van der Waals surface area contributed by atoms with Crippen LogP contribution in [0.15, 0.2) is 54.7 Å². The van der Waals surface area contributed by atoms with E-state index >= 15 is 0 Å². The van der Waals surface area contributed by atoms with E-state index in [0.29, 0.717) is 9.75 Å². The monoisotopic (exact) mass is 259 g/mol. The van der Waals surface area contributed by atoms with E-state index in [1.165, 1.54) is 18.3 Å². The van der Waals surface area contributed by atoms with E-state index in [-0.39, 0.29) is 11.5 Å². The molecule has 3 nitrogen and oxygen atoms in total. The molecule has 2 aromatic rings. The van der Waals surface area contributed by atoms with Crippen LogP contribution in [0, 0.1) is 5.21 Å². The molecule has 0 amide bonds. The first-order chi connectivity index (χ1) is 8.66. The van der Waals surface area contributed by atoms with Crippen LogP contribution in [-0.4, -0.2) is 5.78 Å². The van der Waals surface area contributed by atoms with E-state index in [0.717, 1.165) is 5.56 Å². The zero-order valence-electron chi connectivity index (χ0n) is 9.42. The van der Waals surface area contributed by atoms with Gasteiger partial charge in [0.2, 0.25) is 0 Å². The maximum Gasteiger partial charge on any atom is 0.264 e. The molecule has 0 spiro atoms. The number of benzene rings is 1. The number of hydrogen-bond donors (Lipinski definition) is 0. The quantitative estimate of drug-likeness (QED) is 0.368. The SMILES string of the molecule is O=C(/C=C/c1ccc(Cl)cc1)c1cccc[n+]1[O-]. The Morgan fingerprint density at radius 2 is 1.89 bits per heavy atom. The highest BCUT2D eigenvalue weighted by atomic mass is 35.5. The average molecular weight is 260 g/mol. The Morgan fingerprint density at radius 1 is 1.17 bits per heavy atom. The summed E-state index contributed by atoms with van der Waals surface area (Å²) < 4.78 is 0.550. The van der Waals surface area contributed by atoms with Crippen molar-refractivity contribution in [3.63, 3.8) is 0 Å². The third-order valence-electron chi connectivity index (χ3n) is 2.37. The molecule has 0 saturated carbocycles. The van der Waals surface area contributed by atoms with Crippen molar-refractivity contribution < 1.29 is 9.52 Å². The number of aromatic nitrogens is 1. The van der Waals surface area contributed by atoms with Gasteiger partial charge in [-0.15, -0.1) is 0 Å². The molecule has 0 fully saturated rings. The van der Waals surface area contributed by atoms with E-state index in [1.807, 2.05) is 0 Å². The maximum absolute atomic E-state index is 11.8. The number of rotatable bonds is 3. The Balaban J connectivity index is 2.17. The lowest BCUT2D eigenvalue weighted by Crippen LogP contribution is -2.33. The van der Waals surface area contributed by atoms with Gasteiger partial charge in [0.15, 0.2) is 6.20 Å². The minimum absolute atomic E-state index is 0.0997. The first-order valence-electron chi connectivity index (χ1n) is 5.33. The maximum atomic E-state index is 11.8. The van der Waals surface area contributed by atoms with Crippen LogP contribution >= 0.6 is 11.6 Å². The van der Waals surface area contributed by atoms with Crippen LogP contribution in [0.3, 0.4) is 0 Å². The van der Waals surface area contributed by atoms with Gasteiger partial charge in [0.05, 0.1) is 0 Å². The van der Waals surface area contributed by atoms with Crippen molar-refractivity contribution in [3.8, 4) is 0 Å². The van der Waals surface area contributed by atoms with Crippen LogP contribution in [0.2, 0.25) is 5.02 Å². The Morgan fingerprint density at radius 3 is 2.56 bits per heavy atom. The summed E-state index contributed by atoms with van der Waals surface area (Å²) in [5.74, 6) is -0.333. The first-order valence-corrected chi connectivity index (χ1v) is 5.71. The predicted octanol–water partition coefficient (Wildman–Crippen LogP) is 2.87. The van der Waals surface area contributed by atoms with E-state index in [9.17, 15) is 10.0 Å². The molecule has 4 heteroatoms.